The van der Waals surface area contributed by atoms with E-state index in [0.29, 0.717) is 18.4 Å². The molecule has 1 spiro atoms. The number of likely N-dealkylation sites (tertiary alicyclic amines) is 1. The summed E-state index contributed by atoms with van der Waals surface area (Å²) in [6.07, 6.45) is 3.61. The van der Waals surface area contributed by atoms with Crippen LogP contribution in [0.2, 0.25) is 0 Å². The van der Waals surface area contributed by atoms with Crippen LogP contribution in [0.3, 0.4) is 0 Å². The highest BCUT2D eigenvalue weighted by Crippen LogP contribution is 2.60. The van der Waals surface area contributed by atoms with Crippen LogP contribution in [0.1, 0.15) is 51.3 Å². The van der Waals surface area contributed by atoms with Crippen LogP contribution in [0.4, 0.5) is 0 Å². The van der Waals surface area contributed by atoms with Gasteiger partial charge in [0.2, 0.25) is 11.7 Å². The van der Waals surface area contributed by atoms with Gasteiger partial charge in [0.05, 0.1) is 6.54 Å². The fourth-order valence-electron chi connectivity index (χ4n) is 5.88. The second kappa shape index (κ2) is 5.77. The summed E-state index contributed by atoms with van der Waals surface area (Å²) in [7, 11) is 0. The molecular formula is C20H27NO4S. The maximum absolute atomic E-state index is 13.3. The minimum absolute atomic E-state index is 0.0733. The maximum Gasteiger partial charge on any atom is 0.228 e. The third-order valence-corrected chi connectivity index (χ3v) is 8.12. The lowest BCUT2D eigenvalue weighted by atomic mass is 9.57. The minimum Gasteiger partial charge on any atom is -0.321 e. The average Bonchev–Trinajstić information content (AvgIpc) is 3.03. The highest BCUT2D eigenvalue weighted by Gasteiger charge is 2.70. The van der Waals surface area contributed by atoms with Crippen LogP contribution in [0.5, 0.6) is 0 Å². The Bertz CT molecular complexity index is 709. The van der Waals surface area contributed by atoms with Crippen molar-refractivity contribution in [3.8, 4) is 0 Å². The molecule has 6 rings (SSSR count). The Morgan fingerprint density at radius 3 is 2.85 bits per heavy atom. The number of ether oxygens (including phenoxy) is 1. The summed E-state index contributed by atoms with van der Waals surface area (Å²) in [5, 5.41) is 2.06. The third kappa shape index (κ3) is 2.22. The molecule has 1 aliphatic carbocycles. The maximum atomic E-state index is 13.3. The minimum atomic E-state index is -0.772. The van der Waals surface area contributed by atoms with Gasteiger partial charge in [-0.3, -0.25) is 4.79 Å². The zero-order valence-electron chi connectivity index (χ0n) is 15.6. The number of piperidine rings is 1. The molecule has 5 fully saturated rings. The molecule has 6 heteroatoms. The Morgan fingerprint density at radius 1 is 1.23 bits per heavy atom. The number of amides is 1. The van der Waals surface area contributed by atoms with Gasteiger partial charge in [0, 0.05) is 23.1 Å². The van der Waals surface area contributed by atoms with E-state index in [1.165, 1.54) is 4.88 Å². The molecule has 1 aromatic rings. The molecule has 4 saturated heterocycles. The monoisotopic (exact) mass is 377 g/mol. The SMILES string of the molecule is C[C@@H]1CC[C@H]2[C@@H](C)C(=O)N(Cc3cccs3)[C@@H]3O[C@@]4(C)CC[C@@H]1[C@@]23OO4. The Kier molecular flexibility index (Phi) is 3.81. The molecule has 2 bridgehead atoms. The normalized spacial score (nSPS) is 47.6. The van der Waals surface area contributed by atoms with Crippen molar-refractivity contribution in [3.05, 3.63) is 22.4 Å². The number of carbonyl (C=O) groups is 1. The molecule has 0 N–H and O–H groups in total. The number of thiophene rings is 1. The first-order valence-electron chi connectivity index (χ1n) is 9.82. The van der Waals surface area contributed by atoms with E-state index in [4.69, 9.17) is 14.5 Å². The molecule has 1 amide bonds. The summed E-state index contributed by atoms with van der Waals surface area (Å²) < 4.78 is 6.52. The van der Waals surface area contributed by atoms with Gasteiger partial charge in [0.15, 0.2) is 11.8 Å². The predicted octanol–water partition coefficient (Wildman–Crippen LogP) is 3.94. The molecule has 0 radical (unpaired) electrons. The van der Waals surface area contributed by atoms with Crippen LogP contribution < -0.4 is 0 Å². The Balaban J connectivity index is 1.62. The van der Waals surface area contributed by atoms with E-state index in [1.807, 2.05) is 17.9 Å². The quantitative estimate of drug-likeness (QED) is 0.733. The van der Waals surface area contributed by atoms with Crippen LogP contribution in [0, 0.1) is 23.7 Å². The number of nitrogens with zero attached hydrogens (tertiary/aromatic N) is 1. The van der Waals surface area contributed by atoms with Gasteiger partial charge in [0.1, 0.15) is 0 Å². The van der Waals surface area contributed by atoms with E-state index in [2.05, 4.69) is 25.3 Å². The molecule has 4 aliphatic heterocycles. The van der Waals surface area contributed by atoms with Gasteiger partial charge >= 0.3 is 0 Å². The number of carbonyl (C=O) groups excluding carboxylic acids is 1. The second-order valence-corrected chi connectivity index (χ2v) is 9.80. The first-order valence-corrected chi connectivity index (χ1v) is 10.7. The summed E-state index contributed by atoms with van der Waals surface area (Å²) >= 11 is 1.68. The van der Waals surface area contributed by atoms with Gasteiger partial charge in [-0.2, -0.15) is 0 Å². The highest BCUT2D eigenvalue weighted by molar-refractivity contribution is 7.09. The van der Waals surface area contributed by atoms with Crippen molar-refractivity contribution in [2.45, 2.75) is 70.6 Å². The third-order valence-electron chi connectivity index (χ3n) is 7.26. The molecule has 1 saturated carbocycles. The fraction of sp³-hybridized carbons (Fsp3) is 0.750. The van der Waals surface area contributed by atoms with Gasteiger partial charge in [-0.15, -0.1) is 11.3 Å². The van der Waals surface area contributed by atoms with Crippen molar-refractivity contribution in [2.24, 2.45) is 23.7 Å². The zero-order valence-corrected chi connectivity index (χ0v) is 16.5. The Labute approximate surface area is 158 Å². The lowest BCUT2D eigenvalue weighted by Crippen LogP contribution is -2.74. The molecule has 5 nitrogen and oxygen atoms in total. The molecule has 0 aromatic carbocycles. The standard InChI is InChI=1S/C20H27NO4S/c1-12-6-7-16-13(2)17(22)21(11-14-5-4-10-26-14)18-20(16)15(12)8-9-19(3,23-18)24-25-20/h4-5,10,12-13,15-16,18H,6-9,11H2,1-3H3/t12-,13-,15+,16+,18-,19-,20-/m1/s1. The van der Waals surface area contributed by atoms with Crippen molar-refractivity contribution >= 4 is 17.2 Å². The number of rotatable bonds is 2. The van der Waals surface area contributed by atoms with Gasteiger partial charge in [-0.05, 0) is 49.5 Å². The van der Waals surface area contributed by atoms with Crippen molar-refractivity contribution in [2.75, 3.05) is 0 Å². The Hall–Kier alpha value is -0.950. The number of fused-ring (bicyclic) bond motifs is 2. The molecule has 26 heavy (non-hydrogen) atoms. The molecule has 0 unspecified atom stereocenters. The van der Waals surface area contributed by atoms with Gasteiger partial charge < -0.3 is 9.64 Å². The highest BCUT2D eigenvalue weighted by atomic mass is 32.1. The second-order valence-electron chi connectivity index (χ2n) is 8.76. The topological polar surface area (TPSA) is 48.0 Å². The lowest BCUT2D eigenvalue weighted by Gasteiger charge is -2.61. The van der Waals surface area contributed by atoms with E-state index < -0.39 is 11.4 Å². The Morgan fingerprint density at radius 2 is 2.08 bits per heavy atom. The van der Waals surface area contributed by atoms with E-state index >= 15 is 0 Å². The van der Waals surface area contributed by atoms with E-state index in [1.54, 1.807) is 11.3 Å². The first-order chi connectivity index (χ1) is 12.4. The van der Waals surface area contributed by atoms with Crippen molar-refractivity contribution < 1.29 is 19.3 Å². The molecular weight excluding hydrogens is 350 g/mol. The van der Waals surface area contributed by atoms with Crippen molar-refractivity contribution in [1.82, 2.24) is 4.90 Å². The molecule has 1 aromatic heterocycles. The summed E-state index contributed by atoms with van der Waals surface area (Å²) in [6, 6.07) is 4.12. The number of hydrogen-bond acceptors (Lipinski definition) is 5. The summed E-state index contributed by atoms with van der Waals surface area (Å²) in [5.41, 5.74) is -0.543. The van der Waals surface area contributed by atoms with Crippen LogP contribution in [-0.2, 0) is 25.9 Å². The average molecular weight is 378 g/mol. The molecule has 5 aliphatic rings. The van der Waals surface area contributed by atoms with E-state index in [9.17, 15) is 4.79 Å². The van der Waals surface area contributed by atoms with Crippen LogP contribution in [-0.4, -0.2) is 28.4 Å². The molecule has 7 atom stereocenters. The smallest absolute Gasteiger partial charge is 0.228 e. The van der Waals surface area contributed by atoms with E-state index in [0.717, 1.165) is 25.7 Å². The number of hydrogen-bond donors (Lipinski definition) is 0. The van der Waals surface area contributed by atoms with E-state index in [-0.39, 0.29) is 24.0 Å². The largest absolute Gasteiger partial charge is 0.321 e. The predicted molar refractivity (Wildman–Crippen MR) is 96.8 cm³/mol. The molecule has 142 valence electrons. The van der Waals surface area contributed by atoms with Crippen LogP contribution >= 0.6 is 11.3 Å². The van der Waals surface area contributed by atoms with Crippen LogP contribution in [0.25, 0.3) is 0 Å². The van der Waals surface area contributed by atoms with Crippen molar-refractivity contribution in [3.63, 3.8) is 0 Å². The summed E-state index contributed by atoms with van der Waals surface area (Å²) in [6.45, 7) is 6.92. The van der Waals surface area contributed by atoms with Gasteiger partial charge in [-0.25, -0.2) is 9.78 Å². The molecule has 5 heterocycles. The van der Waals surface area contributed by atoms with Crippen molar-refractivity contribution in [1.29, 1.82) is 0 Å². The zero-order chi connectivity index (χ0) is 18.1. The fourth-order valence-corrected chi connectivity index (χ4v) is 6.59. The van der Waals surface area contributed by atoms with Gasteiger partial charge in [0.25, 0.3) is 0 Å². The van der Waals surface area contributed by atoms with Gasteiger partial charge in [-0.1, -0.05) is 19.9 Å². The summed E-state index contributed by atoms with van der Waals surface area (Å²) in [4.78, 5) is 28.6. The van der Waals surface area contributed by atoms with Crippen LogP contribution in [0.15, 0.2) is 17.5 Å². The first kappa shape index (κ1) is 17.2. The summed E-state index contributed by atoms with van der Waals surface area (Å²) in [5.74, 6) is 0.403. The lowest BCUT2D eigenvalue weighted by molar-refractivity contribution is -0.548.